The summed E-state index contributed by atoms with van der Waals surface area (Å²) in [6.45, 7) is 1.85. The summed E-state index contributed by atoms with van der Waals surface area (Å²) >= 11 is 1.85. The molecule has 0 amide bonds. The standard InChI is InChI=1S/C16H21NOS/c1-17-15(12-5-4-8-18-10-12)9-13-11-19-16-7-3-2-6-14(13)16/h2-3,6-7,11-12,15,17H,4-5,8-10H2,1H3. The van der Waals surface area contributed by atoms with Gasteiger partial charge in [-0.05, 0) is 54.6 Å². The third-order valence-corrected chi connectivity index (χ3v) is 5.15. The molecule has 1 aromatic heterocycles. The van der Waals surface area contributed by atoms with Crippen molar-refractivity contribution < 1.29 is 4.74 Å². The number of hydrogen-bond acceptors (Lipinski definition) is 3. The van der Waals surface area contributed by atoms with E-state index in [0.717, 1.165) is 19.6 Å². The van der Waals surface area contributed by atoms with Crippen molar-refractivity contribution >= 4 is 21.4 Å². The number of rotatable bonds is 4. The van der Waals surface area contributed by atoms with Crippen molar-refractivity contribution in [3.8, 4) is 0 Å². The molecule has 1 saturated heterocycles. The van der Waals surface area contributed by atoms with Gasteiger partial charge in [-0.15, -0.1) is 11.3 Å². The summed E-state index contributed by atoms with van der Waals surface area (Å²) < 4.78 is 7.03. The van der Waals surface area contributed by atoms with E-state index in [1.165, 1.54) is 28.5 Å². The van der Waals surface area contributed by atoms with Crippen molar-refractivity contribution in [3.63, 3.8) is 0 Å². The van der Waals surface area contributed by atoms with Crippen LogP contribution in [-0.2, 0) is 11.2 Å². The highest BCUT2D eigenvalue weighted by Gasteiger charge is 2.23. The van der Waals surface area contributed by atoms with E-state index in [0.29, 0.717) is 12.0 Å². The molecule has 1 aliphatic rings. The van der Waals surface area contributed by atoms with Crippen molar-refractivity contribution in [2.24, 2.45) is 5.92 Å². The molecule has 102 valence electrons. The van der Waals surface area contributed by atoms with Gasteiger partial charge in [0.05, 0.1) is 6.61 Å². The number of nitrogens with one attached hydrogen (secondary N) is 1. The summed E-state index contributed by atoms with van der Waals surface area (Å²) in [5.41, 5.74) is 1.48. The molecule has 0 bridgehead atoms. The van der Waals surface area contributed by atoms with Gasteiger partial charge in [0.25, 0.3) is 0 Å². The van der Waals surface area contributed by atoms with Crippen LogP contribution in [0.15, 0.2) is 29.6 Å². The zero-order chi connectivity index (χ0) is 13.1. The summed E-state index contributed by atoms with van der Waals surface area (Å²) in [4.78, 5) is 0. The monoisotopic (exact) mass is 275 g/mol. The maximum absolute atomic E-state index is 5.63. The second-order valence-corrected chi connectivity index (χ2v) is 6.24. The zero-order valence-corrected chi connectivity index (χ0v) is 12.2. The van der Waals surface area contributed by atoms with Crippen LogP contribution in [0.1, 0.15) is 18.4 Å². The van der Waals surface area contributed by atoms with Gasteiger partial charge in [0.2, 0.25) is 0 Å². The van der Waals surface area contributed by atoms with Gasteiger partial charge in [0.15, 0.2) is 0 Å². The lowest BCUT2D eigenvalue weighted by Crippen LogP contribution is -2.39. The highest BCUT2D eigenvalue weighted by Crippen LogP contribution is 2.28. The van der Waals surface area contributed by atoms with Crippen LogP contribution in [0.5, 0.6) is 0 Å². The Morgan fingerprint density at radius 2 is 2.32 bits per heavy atom. The molecule has 3 heteroatoms. The van der Waals surface area contributed by atoms with E-state index in [2.05, 4.69) is 42.0 Å². The van der Waals surface area contributed by atoms with E-state index < -0.39 is 0 Å². The Bertz CT molecular complexity index is 530. The van der Waals surface area contributed by atoms with Crippen molar-refractivity contribution in [2.75, 3.05) is 20.3 Å². The lowest BCUT2D eigenvalue weighted by molar-refractivity contribution is 0.0405. The molecule has 2 aromatic rings. The smallest absolute Gasteiger partial charge is 0.0509 e. The molecule has 1 aromatic carbocycles. The molecule has 0 spiro atoms. The van der Waals surface area contributed by atoms with Gasteiger partial charge in [0, 0.05) is 17.3 Å². The van der Waals surface area contributed by atoms with Crippen LogP contribution in [0.2, 0.25) is 0 Å². The van der Waals surface area contributed by atoms with Crippen molar-refractivity contribution in [2.45, 2.75) is 25.3 Å². The van der Waals surface area contributed by atoms with E-state index in [-0.39, 0.29) is 0 Å². The number of thiophene rings is 1. The average molecular weight is 275 g/mol. The molecule has 2 heterocycles. The fourth-order valence-corrected chi connectivity index (χ4v) is 3.99. The second-order valence-electron chi connectivity index (χ2n) is 5.33. The van der Waals surface area contributed by atoms with Crippen LogP contribution in [0.3, 0.4) is 0 Å². The first-order valence-corrected chi connectivity index (χ1v) is 7.96. The van der Waals surface area contributed by atoms with Crippen LogP contribution in [0, 0.1) is 5.92 Å². The maximum atomic E-state index is 5.63. The molecular weight excluding hydrogens is 254 g/mol. The summed E-state index contributed by atoms with van der Waals surface area (Å²) in [5.74, 6) is 0.650. The van der Waals surface area contributed by atoms with Gasteiger partial charge in [0.1, 0.15) is 0 Å². The van der Waals surface area contributed by atoms with Crippen LogP contribution < -0.4 is 5.32 Å². The minimum absolute atomic E-state index is 0.526. The summed E-state index contributed by atoms with van der Waals surface area (Å²) in [6.07, 6.45) is 3.59. The molecule has 2 unspecified atom stereocenters. The molecule has 19 heavy (non-hydrogen) atoms. The lowest BCUT2D eigenvalue weighted by Gasteiger charge is -2.30. The Morgan fingerprint density at radius 3 is 3.11 bits per heavy atom. The Hall–Kier alpha value is -0.900. The number of hydrogen-bond donors (Lipinski definition) is 1. The Labute approximate surface area is 118 Å². The average Bonchev–Trinajstić information content (AvgIpc) is 2.89. The van der Waals surface area contributed by atoms with Crippen LogP contribution >= 0.6 is 11.3 Å². The quantitative estimate of drug-likeness (QED) is 0.922. The first-order valence-electron chi connectivity index (χ1n) is 7.08. The van der Waals surface area contributed by atoms with E-state index in [1.54, 1.807) is 0 Å². The number of likely N-dealkylation sites (N-methyl/N-ethyl adjacent to an activating group) is 1. The molecule has 2 nitrogen and oxygen atoms in total. The first-order chi connectivity index (χ1) is 9.38. The molecule has 1 N–H and O–H groups in total. The van der Waals surface area contributed by atoms with Crippen LogP contribution in [0.4, 0.5) is 0 Å². The fourth-order valence-electron chi connectivity index (χ4n) is 3.02. The predicted octanol–water partition coefficient (Wildman–Crippen LogP) is 3.46. The molecule has 1 aliphatic heterocycles. The third-order valence-electron chi connectivity index (χ3n) is 4.14. The Balaban J connectivity index is 1.78. The van der Waals surface area contributed by atoms with Crippen LogP contribution in [-0.4, -0.2) is 26.3 Å². The lowest BCUT2D eigenvalue weighted by atomic mass is 9.89. The van der Waals surface area contributed by atoms with Crippen molar-refractivity contribution in [3.05, 3.63) is 35.2 Å². The second kappa shape index (κ2) is 6.04. The molecular formula is C16H21NOS. The Kier molecular flexibility index (Phi) is 4.16. The molecule has 1 fully saturated rings. The molecule has 0 radical (unpaired) electrons. The summed E-state index contributed by atoms with van der Waals surface area (Å²) in [6, 6.07) is 9.23. The maximum Gasteiger partial charge on any atom is 0.0509 e. The number of ether oxygens (including phenoxy) is 1. The zero-order valence-electron chi connectivity index (χ0n) is 11.4. The third kappa shape index (κ3) is 2.83. The largest absolute Gasteiger partial charge is 0.381 e. The first kappa shape index (κ1) is 13.1. The van der Waals surface area contributed by atoms with Gasteiger partial charge < -0.3 is 10.1 Å². The van der Waals surface area contributed by atoms with E-state index >= 15 is 0 Å². The number of fused-ring (bicyclic) bond motifs is 1. The van der Waals surface area contributed by atoms with Gasteiger partial charge >= 0.3 is 0 Å². The van der Waals surface area contributed by atoms with Crippen molar-refractivity contribution in [1.29, 1.82) is 0 Å². The minimum Gasteiger partial charge on any atom is -0.381 e. The van der Waals surface area contributed by atoms with E-state index in [9.17, 15) is 0 Å². The predicted molar refractivity (Wildman–Crippen MR) is 81.9 cm³/mol. The van der Waals surface area contributed by atoms with E-state index in [1.807, 2.05) is 11.3 Å². The van der Waals surface area contributed by atoms with Crippen LogP contribution in [0.25, 0.3) is 10.1 Å². The van der Waals surface area contributed by atoms with Crippen molar-refractivity contribution in [1.82, 2.24) is 5.32 Å². The Morgan fingerprint density at radius 1 is 1.42 bits per heavy atom. The fraction of sp³-hybridized carbons (Fsp3) is 0.500. The van der Waals surface area contributed by atoms with E-state index in [4.69, 9.17) is 4.74 Å². The molecule has 0 saturated carbocycles. The summed E-state index contributed by atoms with van der Waals surface area (Å²) in [7, 11) is 2.08. The van der Waals surface area contributed by atoms with Gasteiger partial charge in [-0.1, -0.05) is 18.2 Å². The molecule has 2 atom stereocenters. The number of benzene rings is 1. The highest BCUT2D eigenvalue weighted by molar-refractivity contribution is 7.17. The van der Waals surface area contributed by atoms with Gasteiger partial charge in [-0.25, -0.2) is 0 Å². The SMILES string of the molecule is CNC(Cc1csc2ccccc12)C1CCCOC1. The van der Waals surface area contributed by atoms with Gasteiger partial charge in [-0.2, -0.15) is 0 Å². The molecule has 0 aliphatic carbocycles. The summed E-state index contributed by atoms with van der Waals surface area (Å²) in [5, 5.41) is 7.24. The molecule has 3 rings (SSSR count). The topological polar surface area (TPSA) is 21.3 Å². The minimum atomic E-state index is 0.526. The highest BCUT2D eigenvalue weighted by atomic mass is 32.1. The normalized spacial score (nSPS) is 21.6. The van der Waals surface area contributed by atoms with Gasteiger partial charge in [-0.3, -0.25) is 0 Å².